The number of piperidine rings is 1. The van der Waals surface area contributed by atoms with E-state index in [-0.39, 0.29) is 5.91 Å². The average molecular weight is 261 g/mol. The largest absolute Gasteiger partial charge is 0.384 e. The number of rotatable bonds is 4. The molecule has 1 aromatic heterocycles. The predicted molar refractivity (Wildman–Crippen MR) is 77.5 cm³/mol. The van der Waals surface area contributed by atoms with Gasteiger partial charge in [-0.2, -0.15) is 0 Å². The minimum absolute atomic E-state index is 0.116. The highest BCUT2D eigenvalue weighted by Crippen LogP contribution is 2.20. The number of anilines is 1. The number of likely N-dealkylation sites (tertiary alicyclic amines) is 1. The van der Waals surface area contributed by atoms with Crippen molar-refractivity contribution in [2.24, 2.45) is 0 Å². The molecule has 1 fully saturated rings. The Kier molecular flexibility index (Phi) is 4.77. The second-order valence-corrected chi connectivity index (χ2v) is 5.15. The van der Waals surface area contributed by atoms with Crippen LogP contribution in [-0.4, -0.2) is 35.4 Å². The van der Waals surface area contributed by atoms with Crippen LogP contribution in [0.2, 0.25) is 0 Å². The fraction of sp³-hybridized carbons (Fsp3) is 0.600. The molecule has 0 aliphatic carbocycles. The quantitative estimate of drug-likeness (QED) is 0.906. The molecule has 2 heterocycles. The van der Waals surface area contributed by atoms with Crippen LogP contribution in [0.4, 0.5) is 5.69 Å². The Morgan fingerprint density at radius 2 is 2.11 bits per heavy atom. The Balaban J connectivity index is 2.19. The predicted octanol–water partition coefficient (Wildman–Crippen LogP) is 2.84. The number of pyridine rings is 1. The number of aryl methyl sites for hydroxylation is 1. The monoisotopic (exact) mass is 261 g/mol. The summed E-state index contributed by atoms with van der Waals surface area (Å²) in [5, 5.41) is 3.34. The van der Waals surface area contributed by atoms with Crippen LogP contribution in [0.25, 0.3) is 0 Å². The van der Waals surface area contributed by atoms with Crippen LogP contribution in [0.5, 0.6) is 0 Å². The zero-order valence-electron chi connectivity index (χ0n) is 11.9. The summed E-state index contributed by atoms with van der Waals surface area (Å²) in [6.45, 7) is 6.70. The molecule has 0 unspecified atom stereocenters. The third-order valence-electron chi connectivity index (χ3n) is 3.48. The van der Waals surface area contributed by atoms with Crippen molar-refractivity contribution < 1.29 is 4.79 Å². The van der Waals surface area contributed by atoms with Crippen molar-refractivity contribution in [2.75, 3.05) is 25.0 Å². The highest BCUT2D eigenvalue weighted by atomic mass is 16.2. The van der Waals surface area contributed by atoms with Crippen LogP contribution in [0.1, 0.15) is 48.7 Å². The highest BCUT2D eigenvalue weighted by Gasteiger charge is 2.21. The average Bonchev–Trinajstić information content (AvgIpc) is 2.45. The summed E-state index contributed by atoms with van der Waals surface area (Å²) in [5.74, 6) is 0.116. The number of aromatic nitrogens is 1. The maximum absolute atomic E-state index is 12.5. The van der Waals surface area contributed by atoms with Gasteiger partial charge in [-0.05, 0) is 38.7 Å². The first kappa shape index (κ1) is 13.8. The van der Waals surface area contributed by atoms with Crippen molar-refractivity contribution in [3.63, 3.8) is 0 Å². The molecule has 0 radical (unpaired) electrons. The van der Waals surface area contributed by atoms with Crippen molar-refractivity contribution in [2.45, 2.75) is 39.5 Å². The summed E-state index contributed by atoms with van der Waals surface area (Å²) >= 11 is 0. The van der Waals surface area contributed by atoms with E-state index in [2.05, 4.69) is 17.2 Å². The molecular formula is C15H23N3O. The normalized spacial score (nSPS) is 15.4. The molecule has 0 spiro atoms. The summed E-state index contributed by atoms with van der Waals surface area (Å²) in [5.41, 5.74) is 2.57. The number of nitrogens with one attached hydrogen (secondary N) is 1. The van der Waals surface area contributed by atoms with Crippen molar-refractivity contribution in [3.05, 3.63) is 23.5 Å². The third kappa shape index (κ3) is 3.46. The summed E-state index contributed by atoms with van der Waals surface area (Å²) in [7, 11) is 0. The standard InChI is InChI=1S/C15H23N3O/c1-3-7-16-14-10-12(2)17-11-13(14)15(19)18-8-5-4-6-9-18/h10-11H,3-9H2,1-2H3,(H,16,17). The van der Waals surface area contributed by atoms with Gasteiger partial charge in [0.1, 0.15) is 0 Å². The molecule has 19 heavy (non-hydrogen) atoms. The van der Waals surface area contributed by atoms with E-state index in [4.69, 9.17) is 0 Å². The van der Waals surface area contributed by atoms with Gasteiger partial charge in [-0.25, -0.2) is 0 Å². The number of nitrogens with zero attached hydrogens (tertiary/aromatic N) is 2. The molecule has 1 saturated heterocycles. The molecule has 0 saturated carbocycles. The lowest BCUT2D eigenvalue weighted by Crippen LogP contribution is -2.36. The summed E-state index contributed by atoms with van der Waals surface area (Å²) in [6, 6.07) is 1.97. The molecule has 0 aromatic carbocycles. The van der Waals surface area contributed by atoms with Gasteiger partial charge in [-0.1, -0.05) is 6.92 Å². The maximum atomic E-state index is 12.5. The fourth-order valence-electron chi connectivity index (χ4n) is 2.40. The maximum Gasteiger partial charge on any atom is 0.257 e. The topological polar surface area (TPSA) is 45.2 Å². The van der Waals surface area contributed by atoms with Crippen molar-refractivity contribution >= 4 is 11.6 Å². The molecule has 0 bridgehead atoms. The van der Waals surface area contributed by atoms with Crippen LogP contribution < -0.4 is 5.32 Å². The summed E-state index contributed by atoms with van der Waals surface area (Å²) in [4.78, 5) is 18.8. The van der Waals surface area contributed by atoms with Gasteiger partial charge in [-0.15, -0.1) is 0 Å². The SMILES string of the molecule is CCCNc1cc(C)ncc1C(=O)N1CCCCC1. The Morgan fingerprint density at radius 1 is 1.37 bits per heavy atom. The van der Waals surface area contributed by atoms with Gasteiger partial charge in [-0.3, -0.25) is 9.78 Å². The van der Waals surface area contributed by atoms with E-state index in [0.717, 1.165) is 50.3 Å². The van der Waals surface area contributed by atoms with E-state index in [0.29, 0.717) is 5.56 Å². The van der Waals surface area contributed by atoms with Gasteiger partial charge >= 0.3 is 0 Å². The van der Waals surface area contributed by atoms with E-state index < -0.39 is 0 Å². The van der Waals surface area contributed by atoms with Crippen molar-refractivity contribution in [1.29, 1.82) is 0 Å². The fourth-order valence-corrected chi connectivity index (χ4v) is 2.40. The molecular weight excluding hydrogens is 238 g/mol. The van der Waals surface area contributed by atoms with Crippen molar-refractivity contribution in [3.8, 4) is 0 Å². The Hall–Kier alpha value is -1.58. The Labute approximate surface area is 115 Å². The molecule has 4 heteroatoms. The van der Waals surface area contributed by atoms with E-state index >= 15 is 0 Å². The summed E-state index contributed by atoms with van der Waals surface area (Å²) < 4.78 is 0. The highest BCUT2D eigenvalue weighted by molar-refractivity contribution is 5.99. The number of carbonyl (C=O) groups is 1. The van der Waals surface area contributed by atoms with E-state index in [1.165, 1.54) is 6.42 Å². The second kappa shape index (κ2) is 6.55. The first-order chi connectivity index (χ1) is 9.22. The number of hydrogen-bond acceptors (Lipinski definition) is 3. The molecule has 0 atom stereocenters. The number of hydrogen-bond donors (Lipinski definition) is 1. The lowest BCUT2D eigenvalue weighted by atomic mass is 10.1. The molecule has 4 nitrogen and oxygen atoms in total. The first-order valence-corrected chi connectivity index (χ1v) is 7.22. The van der Waals surface area contributed by atoms with Gasteiger partial charge < -0.3 is 10.2 Å². The van der Waals surface area contributed by atoms with Gasteiger partial charge in [0.25, 0.3) is 5.91 Å². The Morgan fingerprint density at radius 3 is 2.79 bits per heavy atom. The zero-order chi connectivity index (χ0) is 13.7. The molecule has 1 aliphatic heterocycles. The zero-order valence-corrected chi connectivity index (χ0v) is 11.9. The van der Waals surface area contributed by atoms with Crippen LogP contribution in [0.15, 0.2) is 12.3 Å². The smallest absolute Gasteiger partial charge is 0.257 e. The van der Waals surface area contributed by atoms with E-state index in [1.54, 1.807) is 6.20 Å². The molecule has 104 valence electrons. The van der Waals surface area contributed by atoms with Gasteiger partial charge in [0, 0.05) is 31.5 Å². The lowest BCUT2D eigenvalue weighted by molar-refractivity contribution is 0.0725. The molecule has 2 rings (SSSR count). The number of amides is 1. The van der Waals surface area contributed by atoms with Crippen LogP contribution in [0, 0.1) is 6.92 Å². The summed E-state index contributed by atoms with van der Waals surface area (Å²) in [6.07, 6.45) is 6.21. The van der Waals surface area contributed by atoms with Gasteiger partial charge in [0.15, 0.2) is 0 Å². The minimum Gasteiger partial charge on any atom is -0.384 e. The first-order valence-electron chi connectivity index (χ1n) is 7.22. The van der Waals surface area contributed by atoms with E-state index in [9.17, 15) is 4.79 Å². The van der Waals surface area contributed by atoms with Crippen LogP contribution >= 0.6 is 0 Å². The Bertz CT molecular complexity index is 439. The second-order valence-electron chi connectivity index (χ2n) is 5.15. The number of carbonyl (C=O) groups excluding carboxylic acids is 1. The molecule has 1 amide bonds. The van der Waals surface area contributed by atoms with Crippen LogP contribution in [0.3, 0.4) is 0 Å². The molecule has 1 aromatic rings. The lowest BCUT2D eigenvalue weighted by Gasteiger charge is -2.27. The van der Waals surface area contributed by atoms with Gasteiger partial charge in [0.2, 0.25) is 0 Å². The van der Waals surface area contributed by atoms with Crippen LogP contribution in [-0.2, 0) is 0 Å². The van der Waals surface area contributed by atoms with E-state index in [1.807, 2.05) is 17.9 Å². The minimum atomic E-state index is 0.116. The molecule has 1 N–H and O–H groups in total. The van der Waals surface area contributed by atoms with Crippen molar-refractivity contribution in [1.82, 2.24) is 9.88 Å². The van der Waals surface area contributed by atoms with Gasteiger partial charge in [0.05, 0.1) is 11.3 Å². The third-order valence-corrected chi connectivity index (χ3v) is 3.48. The molecule has 1 aliphatic rings.